The predicted octanol–water partition coefficient (Wildman–Crippen LogP) is 2.29. The number of hydrogen-bond donors (Lipinski definition) is 0. The van der Waals surface area contributed by atoms with Crippen molar-refractivity contribution in [2.75, 3.05) is 26.2 Å². The van der Waals surface area contributed by atoms with Gasteiger partial charge in [0.15, 0.2) is 0 Å². The maximum atomic E-state index is 5.78. The van der Waals surface area contributed by atoms with E-state index >= 15 is 0 Å². The summed E-state index contributed by atoms with van der Waals surface area (Å²) >= 11 is 0. The first-order valence-corrected chi connectivity index (χ1v) is 5.70. The number of rotatable bonds is 6. The molecule has 0 aromatic rings. The number of ether oxygens (including phenoxy) is 1. The number of unbranched alkanes of at least 4 members (excludes halogenated alkanes) is 1. The van der Waals surface area contributed by atoms with Crippen molar-refractivity contribution in [3.63, 3.8) is 0 Å². The fraction of sp³-hybridized carbons (Fsp3) is 1.00. The molecule has 1 heterocycles. The molecule has 0 amide bonds. The summed E-state index contributed by atoms with van der Waals surface area (Å²) in [5, 5.41) is 0. The molecule has 1 aliphatic heterocycles. The highest BCUT2D eigenvalue weighted by Gasteiger charge is 2.21. The Morgan fingerprint density at radius 2 is 2.15 bits per heavy atom. The van der Waals surface area contributed by atoms with Crippen LogP contribution in [0.3, 0.4) is 0 Å². The molecule has 13 heavy (non-hydrogen) atoms. The number of likely N-dealkylation sites (tertiary alicyclic amines) is 1. The van der Waals surface area contributed by atoms with Gasteiger partial charge in [0.2, 0.25) is 0 Å². The van der Waals surface area contributed by atoms with Crippen molar-refractivity contribution in [3.8, 4) is 0 Å². The molecule has 2 nitrogen and oxygen atoms in total. The van der Waals surface area contributed by atoms with Gasteiger partial charge in [-0.25, -0.2) is 0 Å². The van der Waals surface area contributed by atoms with Crippen LogP contribution in [0.1, 0.15) is 39.5 Å². The molecule has 1 aliphatic rings. The van der Waals surface area contributed by atoms with Gasteiger partial charge < -0.3 is 9.64 Å². The minimum atomic E-state index is 0.526. The van der Waals surface area contributed by atoms with Crippen LogP contribution >= 0.6 is 0 Å². The molecule has 1 saturated heterocycles. The lowest BCUT2D eigenvalue weighted by atomic mass is 10.3. The van der Waals surface area contributed by atoms with Crippen LogP contribution in [0, 0.1) is 0 Å². The molecule has 0 N–H and O–H groups in total. The van der Waals surface area contributed by atoms with Gasteiger partial charge in [-0.2, -0.15) is 0 Å². The summed E-state index contributed by atoms with van der Waals surface area (Å²) in [6.45, 7) is 9.06. The van der Waals surface area contributed by atoms with Gasteiger partial charge in [0, 0.05) is 19.7 Å². The lowest BCUT2D eigenvalue weighted by Gasteiger charge is -2.14. The molecular weight excluding hydrogens is 162 g/mol. The second-order valence-electron chi connectivity index (χ2n) is 3.94. The van der Waals surface area contributed by atoms with E-state index < -0.39 is 0 Å². The van der Waals surface area contributed by atoms with E-state index in [0.29, 0.717) is 6.10 Å². The maximum absolute atomic E-state index is 5.78. The second kappa shape index (κ2) is 6.39. The molecule has 78 valence electrons. The Morgan fingerprint density at radius 1 is 1.31 bits per heavy atom. The number of nitrogens with zero attached hydrogens (tertiary/aromatic N) is 1. The summed E-state index contributed by atoms with van der Waals surface area (Å²) in [5.74, 6) is 0. The first kappa shape index (κ1) is 11.0. The zero-order valence-electron chi connectivity index (χ0n) is 9.09. The highest BCUT2D eigenvalue weighted by atomic mass is 16.5. The Morgan fingerprint density at radius 3 is 2.85 bits per heavy atom. The van der Waals surface area contributed by atoms with Crippen molar-refractivity contribution in [2.24, 2.45) is 0 Å². The third-order valence-corrected chi connectivity index (χ3v) is 2.62. The summed E-state index contributed by atoms with van der Waals surface area (Å²) in [7, 11) is 0. The van der Waals surface area contributed by atoms with Gasteiger partial charge in [-0.05, 0) is 25.8 Å². The average Bonchev–Trinajstić information content (AvgIpc) is 2.54. The largest absolute Gasteiger partial charge is 0.377 e. The fourth-order valence-electron chi connectivity index (χ4n) is 1.85. The summed E-state index contributed by atoms with van der Waals surface area (Å²) < 4.78 is 5.78. The van der Waals surface area contributed by atoms with Crippen molar-refractivity contribution < 1.29 is 4.74 Å². The van der Waals surface area contributed by atoms with Crippen molar-refractivity contribution in [1.29, 1.82) is 0 Å². The molecular formula is C11H23NO. The van der Waals surface area contributed by atoms with Crippen molar-refractivity contribution >= 4 is 0 Å². The van der Waals surface area contributed by atoms with E-state index in [2.05, 4.69) is 18.7 Å². The zero-order valence-corrected chi connectivity index (χ0v) is 9.09. The van der Waals surface area contributed by atoms with Crippen LogP contribution in [0.2, 0.25) is 0 Å². The molecule has 0 radical (unpaired) electrons. The van der Waals surface area contributed by atoms with Gasteiger partial charge in [0.05, 0.1) is 6.10 Å². The Hall–Kier alpha value is -0.0800. The maximum Gasteiger partial charge on any atom is 0.0714 e. The van der Waals surface area contributed by atoms with Crippen LogP contribution in [-0.4, -0.2) is 37.2 Å². The summed E-state index contributed by atoms with van der Waals surface area (Å²) in [6, 6.07) is 0. The molecule has 1 rings (SSSR count). The Kier molecular flexibility index (Phi) is 5.40. The van der Waals surface area contributed by atoms with Crippen molar-refractivity contribution in [3.05, 3.63) is 0 Å². The first-order valence-electron chi connectivity index (χ1n) is 5.70. The van der Waals surface area contributed by atoms with Gasteiger partial charge in [-0.15, -0.1) is 0 Å². The van der Waals surface area contributed by atoms with E-state index in [4.69, 9.17) is 4.74 Å². The molecule has 0 spiro atoms. The minimum Gasteiger partial charge on any atom is -0.377 e. The monoisotopic (exact) mass is 185 g/mol. The molecule has 0 aromatic carbocycles. The number of hydrogen-bond acceptors (Lipinski definition) is 2. The van der Waals surface area contributed by atoms with Crippen LogP contribution in [0.4, 0.5) is 0 Å². The van der Waals surface area contributed by atoms with Crippen LogP contribution in [0.25, 0.3) is 0 Å². The van der Waals surface area contributed by atoms with Crippen LogP contribution in [-0.2, 0) is 4.74 Å². The summed E-state index contributed by atoms with van der Waals surface area (Å²) in [6.07, 6.45) is 5.49. The van der Waals surface area contributed by atoms with Crippen LogP contribution in [0.15, 0.2) is 0 Å². The molecule has 0 unspecified atom stereocenters. The lowest BCUT2D eigenvalue weighted by Crippen LogP contribution is -2.24. The smallest absolute Gasteiger partial charge is 0.0714 e. The fourth-order valence-corrected chi connectivity index (χ4v) is 1.85. The highest BCUT2D eigenvalue weighted by Crippen LogP contribution is 2.13. The molecule has 0 aromatic heterocycles. The molecule has 2 heteroatoms. The average molecular weight is 185 g/mol. The van der Waals surface area contributed by atoms with E-state index in [0.717, 1.165) is 13.2 Å². The van der Waals surface area contributed by atoms with E-state index in [-0.39, 0.29) is 0 Å². The topological polar surface area (TPSA) is 12.5 Å². The van der Waals surface area contributed by atoms with E-state index in [1.807, 2.05) is 0 Å². The Balaban J connectivity index is 2.03. The van der Waals surface area contributed by atoms with E-state index in [9.17, 15) is 0 Å². The van der Waals surface area contributed by atoms with E-state index in [1.54, 1.807) is 0 Å². The van der Waals surface area contributed by atoms with Gasteiger partial charge in [0.25, 0.3) is 0 Å². The molecule has 1 atom stereocenters. The standard InChI is InChI=1S/C11H23NO/c1-3-5-9-13-11-6-8-12(10-11)7-4-2/h11H,3-10H2,1-2H3/t11-/m0/s1. The first-order chi connectivity index (χ1) is 6.36. The van der Waals surface area contributed by atoms with Crippen LogP contribution < -0.4 is 0 Å². The Labute approximate surface area is 82.3 Å². The third-order valence-electron chi connectivity index (χ3n) is 2.62. The summed E-state index contributed by atoms with van der Waals surface area (Å²) in [4.78, 5) is 2.51. The minimum absolute atomic E-state index is 0.526. The molecule has 0 aliphatic carbocycles. The van der Waals surface area contributed by atoms with Crippen LogP contribution in [0.5, 0.6) is 0 Å². The predicted molar refractivity (Wildman–Crippen MR) is 56.0 cm³/mol. The second-order valence-corrected chi connectivity index (χ2v) is 3.94. The highest BCUT2D eigenvalue weighted by molar-refractivity contribution is 4.75. The SMILES string of the molecule is CCCCO[C@H]1CCN(CCC)C1. The van der Waals surface area contributed by atoms with Gasteiger partial charge in [-0.1, -0.05) is 20.3 Å². The Bertz CT molecular complexity index is 127. The zero-order chi connectivity index (χ0) is 9.52. The van der Waals surface area contributed by atoms with Crippen molar-refractivity contribution in [1.82, 2.24) is 4.90 Å². The molecule has 0 bridgehead atoms. The third kappa shape index (κ3) is 4.10. The van der Waals surface area contributed by atoms with Gasteiger partial charge in [-0.3, -0.25) is 0 Å². The van der Waals surface area contributed by atoms with Gasteiger partial charge in [0.1, 0.15) is 0 Å². The molecule has 0 saturated carbocycles. The molecule has 1 fully saturated rings. The quantitative estimate of drug-likeness (QED) is 0.589. The summed E-state index contributed by atoms with van der Waals surface area (Å²) in [5.41, 5.74) is 0. The van der Waals surface area contributed by atoms with Crippen molar-refractivity contribution in [2.45, 2.75) is 45.6 Å². The lowest BCUT2D eigenvalue weighted by molar-refractivity contribution is 0.0572. The van der Waals surface area contributed by atoms with E-state index in [1.165, 1.54) is 38.8 Å². The van der Waals surface area contributed by atoms with Gasteiger partial charge >= 0.3 is 0 Å². The normalized spacial score (nSPS) is 24.0.